The van der Waals surface area contributed by atoms with Crippen LogP contribution in [0.5, 0.6) is 5.75 Å². The molecule has 3 rings (SSSR count). The highest BCUT2D eigenvalue weighted by atomic mass is 16.5. The van der Waals surface area contributed by atoms with E-state index in [2.05, 4.69) is 27.1 Å². The molecule has 2 aromatic heterocycles. The third kappa shape index (κ3) is 4.17. The number of amides is 1. The maximum atomic E-state index is 12.6. The minimum absolute atomic E-state index is 0.267. The lowest BCUT2D eigenvalue weighted by Gasteiger charge is -2.09. The average Bonchev–Trinajstić information content (AvgIpc) is 2.65. The third-order valence-electron chi connectivity index (χ3n) is 3.69. The monoisotopic (exact) mass is 345 g/mol. The number of ether oxygens (including phenoxy) is 1. The Kier molecular flexibility index (Phi) is 5.45. The van der Waals surface area contributed by atoms with Gasteiger partial charge >= 0.3 is 0 Å². The van der Waals surface area contributed by atoms with Crippen LogP contribution in [0, 0.1) is 18.8 Å². The van der Waals surface area contributed by atoms with Crippen LogP contribution in [0.25, 0.3) is 11.0 Å². The van der Waals surface area contributed by atoms with Gasteiger partial charge in [0.2, 0.25) is 0 Å². The quantitative estimate of drug-likeness (QED) is 0.727. The summed E-state index contributed by atoms with van der Waals surface area (Å²) in [6.07, 6.45) is 2.51. The highest BCUT2D eigenvalue weighted by molar-refractivity contribution is 6.05. The minimum atomic E-state index is -0.267. The number of hydrogen-bond donors (Lipinski definition) is 1. The van der Waals surface area contributed by atoms with Gasteiger partial charge in [-0.1, -0.05) is 18.9 Å². The number of carbonyl (C=O) groups is 1. The molecule has 0 aliphatic carbocycles. The van der Waals surface area contributed by atoms with Crippen molar-refractivity contribution in [3.8, 4) is 17.6 Å². The van der Waals surface area contributed by atoms with Crippen molar-refractivity contribution < 1.29 is 9.53 Å². The SMILES string of the molecule is CCC#CCOc1cccc(NC(=O)c2nc3cccnc3cc2C)c1. The van der Waals surface area contributed by atoms with Crippen molar-refractivity contribution in [3.05, 3.63) is 59.9 Å². The molecule has 1 N–H and O–H groups in total. The molecule has 5 nitrogen and oxygen atoms in total. The number of rotatable bonds is 4. The zero-order valence-corrected chi connectivity index (χ0v) is 14.7. The van der Waals surface area contributed by atoms with Crippen molar-refractivity contribution in [2.45, 2.75) is 20.3 Å². The molecule has 5 heteroatoms. The first-order chi connectivity index (χ1) is 12.7. The number of anilines is 1. The second kappa shape index (κ2) is 8.13. The average molecular weight is 345 g/mol. The number of fused-ring (bicyclic) bond motifs is 1. The van der Waals surface area contributed by atoms with Crippen LogP contribution in [-0.2, 0) is 0 Å². The molecule has 0 bridgehead atoms. The van der Waals surface area contributed by atoms with E-state index in [1.807, 2.05) is 38.1 Å². The zero-order valence-electron chi connectivity index (χ0n) is 14.7. The summed E-state index contributed by atoms with van der Waals surface area (Å²) in [5.74, 6) is 6.25. The van der Waals surface area contributed by atoms with E-state index in [1.165, 1.54) is 0 Å². The van der Waals surface area contributed by atoms with Gasteiger partial charge in [0.05, 0.1) is 11.0 Å². The fourth-order valence-corrected chi connectivity index (χ4v) is 2.48. The van der Waals surface area contributed by atoms with Crippen molar-refractivity contribution in [2.75, 3.05) is 11.9 Å². The molecule has 2 heterocycles. The van der Waals surface area contributed by atoms with Crippen LogP contribution in [0.1, 0.15) is 29.4 Å². The van der Waals surface area contributed by atoms with E-state index >= 15 is 0 Å². The Morgan fingerprint density at radius 3 is 2.88 bits per heavy atom. The Bertz CT molecular complexity index is 1000. The molecule has 0 saturated carbocycles. The van der Waals surface area contributed by atoms with Gasteiger partial charge in [-0.3, -0.25) is 9.78 Å². The number of hydrogen-bond acceptors (Lipinski definition) is 4. The van der Waals surface area contributed by atoms with Crippen molar-refractivity contribution in [1.29, 1.82) is 0 Å². The van der Waals surface area contributed by atoms with Gasteiger partial charge < -0.3 is 10.1 Å². The van der Waals surface area contributed by atoms with Gasteiger partial charge in [-0.05, 0) is 42.8 Å². The number of benzene rings is 1. The molecule has 130 valence electrons. The van der Waals surface area contributed by atoms with Crippen molar-refractivity contribution in [1.82, 2.24) is 9.97 Å². The van der Waals surface area contributed by atoms with Crippen LogP contribution in [0.3, 0.4) is 0 Å². The predicted molar refractivity (Wildman–Crippen MR) is 102 cm³/mol. The van der Waals surface area contributed by atoms with Crippen molar-refractivity contribution in [3.63, 3.8) is 0 Å². The summed E-state index contributed by atoms with van der Waals surface area (Å²) in [4.78, 5) is 21.3. The molecule has 0 atom stereocenters. The molecule has 0 fully saturated rings. The molecule has 3 aromatic rings. The van der Waals surface area contributed by atoms with Crippen molar-refractivity contribution in [2.24, 2.45) is 0 Å². The van der Waals surface area contributed by atoms with E-state index in [9.17, 15) is 4.79 Å². The molecular weight excluding hydrogens is 326 g/mol. The maximum Gasteiger partial charge on any atom is 0.274 e. The van der Waals surface area contributed by atoms with Gasteiger partial charge in [0.1, 0.15) is 18.1 Å². The number of nitrogens with one attached hydrogen (secondary N) is 1. The van der Waals surface area contributed by atoms with Crippen molar-refractivity contribution >= 4 is 22.6 Å². The standard InChI is InChI=1S/C21H19N3O2/c1-3-4-5-12-26-17-9-6-8-16(14-17)23-21(25)20-15(2)13-19-18(24-20)10-7-11-22-19/h6-11,13-14H,3,12H2,1-2H3,(H,23,25). The first kappa shape index (κ1) is 17.4. The van der Waals surface area contributed by atoms with Gasteiger partial charge in [0.25, 0.3) is 5.91 Å². The fourth-order valence-electron chi connectivity index (χ4n) is 2.48. The highest BCUT2D eigenvalue weighted by Crippen LogP contribution is 2.19. The van der Waals surface area contributed by atoms with Crippen LogP contribution in [0.15, 0.2) is 48.7 Å². The Morgan fingerprint density at radius 2 is 2.04 bits per heavy atom. The molecule has 26 heavy (non-hydrogen) atoms. The number of carbonyl (C=O) groups excluding carboxylic acids is 1. The van der Waals surface area contributed by atoms with E-state index in [1.54, 1.807) is 24.4 Å². The van der Waals surface area contributed by atoms with Gasteiger partial charge in [0, 0.05) is 24.4 Å². The Hall–Kier alpha value is -3.39. The van der Waals surface area contributed by atoms with Crippen LogP contribution in [0.4, 0.5) is 5.69 Å². The van der Waals surface area contributed by atoms with Gasteiger partial charge in [0.15, 0.2) is 0 Å². The predicted octanol–water partition coefficient (Wildman–Crippen LogP) is 3.98. The Labute approximate surface area is 152 Å². The topological polar surface area (TPSA) is 64.1 Å². The number of nitrogens with zero attached hydrogens (tertiary/aromatic N) is 2. The van der Waals surface area contributed by atoms with Gasteiger partial charge in [-0.25, -0.2) is 4.98 Å². The van der Waals surface area contributed by atoms with Crippen LogP contribution in [-0.4, -0.2) is 22.5 Å². The van der Waals surface area contributed by atoms with Gasteiger partial charge in [-0.2, -0.15) is 0 Å². The van der Waals surface area contributed by atoms with E-state index in [-0.39, 0.29) is 5.91 Å². The Morgan fingerprint density at radius 1 is 1.15 bits per heavy atom. The van der Waals surface area contributed by atoms with E-state index in [0.717, 1.165) is 17.5 Å². The molecule has 0 aliphatic heterocycles. The summed E-state index contributed by atoms with van der Waals surface area (Å²) < 4.78 is 5.57. The molecule has 1 aromatic carbocycles. The van der Waals surface area contributed by atoms with Crippen LogP contribution >= 0.6 is 0 Å². The lowest BCUT2D eigenvalue weighted by Crippen LogP contribution is -2.15. The van der Waals surface area contributed by atoms with Crippen LogP contribution < -0.4 is 10.1 Å². The summed E-state index contributed by atoms with van der Waals surface area (Å²) in [7, 11) is 0. The third-order valence-corrected chi connectivity index (χ3v) is 3.69. The van der Waals surface area contributed by atoms with Crippen LogP contribution in [0.2, 0.25) is 0 Å². The molecule has 0 spiro atoms. The Balaban J connectivity index is 1.76. The maximum absolute atomic E-state index is 12.6. The lowest BCUT2D eigenvalue weighted by molar-refractivity contribution is 0.102. The summed E-state index contributed by atoms with van der Waals surface area (Å²) >= 11 is 0. The highest BCUT2D eigenvalue weighted by Gasteiger charge is 2.13. The zero-order chi connectivity index (χ0) is 18.4. The lowest BCUT2D eigenvalue weighted by atomic mass is 10.1. The molecule has 0 saturated heterocycles. The molecule has 0 radical (unpaired) electrons. The van der Waals surface area contributed by atoms with E-state index in [4.69, 9.17) is 4.74 Å². The molecule has 0 aliphatic rings. The second-order valence-corrected chi connectivity index (χ2v) is 5.67. The largest absolute Gasteiger partial charge is 0.481 e. The second-order valence-electron chi connectivity index (χ2n) is 5.67. The number of pyridine rings is 2. The molecule has 0 unspecified atom stereocenters. The number of aryl methyl sites for hydroxylation is 1. The summed E-state index contributed by atoms with van der Waals surface area (Å²) in [6, 6.07) is 12.7. The molecular formula is C21H19N3O2. The number of aromatic nitrogens is 2. The smallest absolute Gasteiger partial charge is 0.274 e. The van der Waals surface area contributed by atoms with E-state index in [0.29, 0.717) is 29.3 Å². The minimum Gasteiger partial charge on any atom is -0.481 e. The first-order valence-corrected chi connectivity index (χ1v) is 8.39. The van der Waals surface area contributed by atoms with E-state index < -0.39 is 0 Å². The summed E-state index contributed by atoms with van der Waals surface area (Å²) in [5, 5.41) is 2.87. The summed E-state index contributed by atoms with van der Waals surface area (Å²) in [5.41, 5.74) is 3.25. The first-order valence-electron chi connectivity index (χ1n) is 8.39. The molecule has 1 amide bonds. The fraction of sp³-hybridized carbons (Fsp3) is 0.190. The van der Waals surface area contributed by atoms with Gasteiger partial charge in [-0.15, -0.1) is 5.92 Å². The summed E-state index contributed by atoms with van der Waals surface area (Å²) in [6.45, 7) is 4.16. The normalized spacial score (nSPS) is 10.1.